The molecule has 2 heterocycles. The summed E-state index contributed by atoms with van der Waals surface area (Å²) in [6.45, 7) is 3.99. The van der Waals surface area contributed by atoms with Gasteiger partial charge < -0.3 is 25.8 Å². The van der Waals surface area contributed by atoms with Crippen molar-refractivity contribution in [1.29, 1.82) is 0 Å². The molecule has 0 unspecified atom stereocenters. The third-order valence-electron chi connectivity index (χ3n) is 4.74. The van der Waals surface area contributed by atoms with Crippen LogP contribution < -0.4 is 20.7 Å². The van der Waals surface area contributed by atoms with Crippen LogP contribution in [-0.2, 0) is 9.59 Å². The third kappa shape index (κ3) is 6.71. The zero-order valence-corrected chi connectivity index (χ0v) is 16.8. The van der Waals surface area contributed by atoms with E-state index in [2.05, 4.69) is 16.0 Å². The Labute approximate surface area is 176 Å². The number of alkyl halides is 3. The highest BCUT2D eigenvalue weighted by Crippen LogP contribution is 2.28. The number of rotatable bonds is 0. The number of allylic oxidation sites excluding steroid dienone is 1. The standard InChI is InChI=1S/C18H23N3O3.C2HF3O2/c1-13-10-20-17(23)18(11-19-12-18)8-4-5-9-24-15-7-3-2-6-14(15)16(22)21-13;3-2(4,5)1(6)7/h2-7,13,19H,8-12H2,1H3,(H,20,23)(H,21,22);(H,6,7)/b5-4-;/t13-;/m0./s1. The van der Waals surface area contributed by atoms with Crippen molar-refractivity contribution in [3.63, 3.8) is 0 Å². The van der Waals surface area contributed by atoms with Crippen LogP contribution in [0, 0.1) is 5.41 Å². The number of ether oxygens (including phenoxy) is 1. The molecule has 0 radical (unpaired) electrons. The highest BCUT2D eigenvalue weighted by atomic mass is 19.4. The summed E-state index contributed by atoms with van der Waals surface area (Å²) in [5, 5.41) is 16.2. The molecule has 4 N–H and O–H groups in total. The zero-order chi connectivity index (χ0) is 23.1. The number of carboxylic acids is 1. The van der Waals surface area contributed by atoms with E-state index in [-0.39, 0.29) is 23.3 Å². The molecule has 1 spiro atoms. The van der Waals surface area contributed by atoms with Gasteiger partial charge in [-0.2, -0.15) is 13.2 Å². The van der Waals surface area contributed by atoms with Gasteiger partial charge in [-0.15, -0.1) is 0 Å². The number of fused-ring (bicyclic) bond motifs is 1. The first kappa shape index (κ1) is 24.2. The van der Waals surface area contributed by atoms with E-state index in [0.29, 0.717) is 44.0 Å². The summed E-state index contributed by atoms with van der Waals surface area (Å²) in [7, 11) is 0. The number of carbonyl (C=O) groups is 3. The van der Waals surface area contributed by atoms with E-state index in [1.807, 2.05) is 25.1 Å². The number of benzene rings is 1. The van der Waals surface area contributed by atoms with E-state index in [1.165, 1.54) is 0 Å². The second-order valence-corrected chi connectivity index (χ2v) is 7.25. The monoisotopic (exact) mass is 443 g/mol. The van der Waals surface area contributed by atoms with E-state index in [9.17, 15) is 22.8 Å². The number of hydrogen-bond donors (Lipinski definition) is 4. The SMILES string of the molecule is C[C@H]1CNC(=O)C2(C/C=C\COc3ccccc3C(=O)N1)CNC2.O=C(O)C(F)(F)F. The summed E-state index contributed by atoms with van der Waals surface area (Å²) in [6.07, 6.45) is -0.522. The van der Waals surface area contributed by atoms with Crippen molar-refractivity contribution >= 4 is 17.8 Å². The Morgan fingerprint density at radius 3 is 2.42 bits per heavy atom. The van der Waals surface area contributed by atoms with Crippen LogP contribution in [0.1, 0.15) is 23.7 Å². The average Bonchev–Trinajstić information content (AvgIpc) is 2.67. The van der Waals surface area contributed by atoms with Crippen molar-refractivity contribution in [3.8, 4) is 5.75 Å². The van der Waals surface area contributed by atoms with Gasteiger partial charge in [-0.3, -0.25) is 9.59 Å². The second kappa shape index (κ2) is 10.3. The lowest BCUT2D eigenvalue weighted by Gasteiger charge is -2.40. The quantitative estimate of drug-likeness (QED) is 0.452. The molecule has 3 rings (SSSR count). The van der Waals surface area contributed by atoms with Gasteiger partial charge in [-0.25, -0.2) is 4.79 Å². The zero-order valence-electron chi connectivity index (χ0n) is 16.8. The Morgan fingerprint density at radius 2 is 1.84 bits per heavy atom. The second-order valence-electron chi connectivity index (χ2n) is 7.25. The highest BCUT2D eigenvalue weighted by molar-refractivity contribution is 5.97. The lowest BCUT2D eigenvalue weighted by Crippen LogP contribution is -2.62. The molecule has 2 aliphatic heterocycles. The van der Waals surface area contributed by atoms with Gasteiger partial charge in [-0.1, -0.05) is 24.3 Å². The van der Waals surface area contributed by atoms with Gasteiger partial charge in [0.1, 0.15) is 12.4 Å². The Balaban J connectivity index is 0.000000423. The van der Waals surface area contributed by atoms with Gasteiger partial charge in [0.05, 0.1) is 11.0 Å². The predicted molar refractivity (Wildman–Crippen MR) is 105 cm³/mol. The maximum absolute atomic E-state index is 12.5. The number of amides is 2. The number of para-hydroxylation sites is 1. The molecule has 170 valence electrons. The number of halogens is 3. The van der Waals surface area contributed by atoms with E-state index in [0.717, 1.165) is 0 Å². The van der Waals surface area contributed by atoms with Gasteiger partial charge in [0.25, 0.3) is 5.91 Å². The number of nitrogens with one attached hydrogen (secondary N) is 3. The molecule has 1 fully saturated rings. The van der Waals surface area contributed by atoms with Crippen molar-refractivity contribution in [1.82, 2.24) is 16.0 Å². The number of aliphatic carboxylic acids is 1. The summed E-state index contributed by atoms with van der Waals surface area (Å²) < 4.78 is 37.5. The van der Waals surface area contributed by atoms with Gasteiger partial charge in [-0.05, 0) is 25.5 Å². The molecule has 31 heavy (non-hydrogen) atoms. The summed E-state index contributed by atoms with van der Waals surface area (Å²) in [6, 6.07) is 7.01. The van der Waals surface area contributed by atoms with Crippen LogP contribution in [-0.4, -0.2) is 61.3 Å². The summed E-state index contributed by atoms with van der Waals surface area (Å²) in [4.78, 5) is 33.8. The fraction of sp³-hybridized carbons (Fsp3) is 0.450. The molecule has 0 bridgehead atoms. The van der Waals surface area contributed by atoms with Crippen molar-refractivity contribution < 1.29 is 37.4 Å². The van der Waals surface area contributed by atoms with Crippen LogP contribution in [0.2, 0.25) is 0 Å². The summed E-state index contributed by atoms with van der Waals surface area (Å²) in [5.41, 5.74) is 0.114. The van der Waals surface area contributed by atoms with Crippen molar-refractivity contribution in [2.45, 2.75) is 25.6 Å². The molecule has 1 aromatic carbocycles. The van der Waals surface area contributed by atoms with Crippen molar-refractivity contribution in [3.05, 3.63) is 42.0 Å². The van der Waals surface area contributed by atoms with E-state index in [1.54, 1.807) is 18.2 Å². The maximum atomic E-state index is 12.5. The molecule has 8 nitrogen and oxygen atoms in total. The minimum atomic E-state index is -5.08. The number of hydrogen-bond acceptors (Lipinski definition) is 5. The van der Waals surface area contributed by atoms with E-state index in [4.69, 9.17) is 14.6 Å². The molecule has 0 aliphatic carbocycles. The molecular formula is C20H24F3N3O5. The van der Waals surface area contributed by atoms with Crippen LogP contribution in [0.3, 0.4) is 0 Å². The van der Waals surface area contributed by atoms with Crippen molar-refractivity contribution in [2.75, 3.05) is 26.2 Å². The fourth-order valence-corrected chi connectivity index (χ4v) is 2.91. The van der Waals surface area contributed by atoms with Gasteiger partial charge in [0.15, 0.2) is 0 Å². The minimum absolute atomic E-state index is 0.0328. The topological polar surface area (TPSA) is 117 Å². The molecule has 1 aromatic rings. The first-order chi connectivity index (χ1) is 14.5. The normalized spacial score (nSPS) is 22.1. The average molecular weight is 443 g/mol. The number of carboxylic acid groups (broad SMARTS) is 1. The van der Waals surface area contributed by atoms with Crippen LogP contribution in [0.4, 0.5) is 13.2 Å². The lowest BCUT2D eigenvalue weighted by atomic mass is 9.77. The Hall–Kier alpha value is -3.08. The Morgan fingerprint density at radius 1 is 1.19 bits per heavy atom. The molecule has 0 aromatic heterocycles. The fourth-order valence-electron chi connectivity index (χ4n) is 2.91. The lowest BCUT2D eigenvalue weighted by molar-refractivity contribution is -0.192. The van der Waals surface area contributed by atoms with Crippen LogP contribution in [0.5, 0.6) is 5.75 Å². The summed E-state index contributed by atoms with van der Waals surface area (Å²) >= 11 is 0. The molecular weight excluding hydrogens is 419 g/mol. The number of carbonyl (C=O) groups excluding carboxylic acids is 2. The third-order valence-corrected chi connectivity index (χ3v) is 4.74. The van der Waals surface area contributed by atoms with Crippen LogP contribution in [0.15, 0.2) is 36.4 Å². The molecule has 0 saturated carbocycles. The Bertz CT molecular complexity index is 838. The molecule has 2 amide bonds. The van der Waals surface area contributed by atoms with Crippen LogP contribution in [0.25, 0.3) is 0 Å². The maximum Gasteiger partial charge on any atom is 0.490 e. The van der Waals surface area contributed by atoms with E-state index < -0.39 is 12.1 Å². The highest BCUT2D eigenvalue weighted by Gasteiger charge is 2.43. The van der Waals surface area contributed by atoms with Gasteiger partial charge in [0, 0.05) is 25.7 Å². The smallest absolute Gasteiger partial charge is 0.489 e. The predicted octanol–water partition coefficient (Wildman–Crippen LogP) is 1.48. The molecule has 11 heteroatoms. The van der Waals surface area contributed by atoms with E-state index >= 15 is 0 Å². The first-order valence-corrected chi connectivity index (χ1v) is 9.52. The minimum Gasteiger partial charge on any atom is -0.489 e. The molecule has 2 aliphatic rings. The Kier molecular flexibility index (Phi) is 8.03. The first-order valence-electron chi connectivity index (χ1n) is 9.52. The van der Waals surface area contributed by atoms with Gasteiger partial charge in [0.2, 0.25) is 5.91 Å². The molecule has 1 saturated heterocycles. The van der Waals surface area contributed by atoms with Gasteiger partial charge >= 0.3 is 12.1 Å². The summed E-state index contributed by atoms with van der Waals surface area (Å²) in [5.74, 6) is -2.36. The molecule has 1 atom stereocenters. The van der Waals surface area contributed by atoms with Crippen LogP contribution >= 0.6 is 0 Å². The largest absolute Gasteiger partial charge is 0.490 e. The van der Waals surface area contributed by atoms with Crippen molar-refractivity contribution in [2.24, 2.45) is 5.41 Å².